The molecule has 1 heterocycles. The third-order valence-corrected chi connectivity index (χ3v) is 3.96. The first kappa shape index (κ1) is 17.7. The van der Waals surface area contributed by atoms with Gasteiger partial charge < -0.3 is 15.1 Å². The molecule has 0 aliphatic carbocycles. The third-order valence-electron chi connectivity index (χ3n) is 3.43. The highest BCUT2D eigenvalue weighted by atomic mass is 79.9. The molecule has 26 heavy (non-hydrogen) atoms. The fraction of sp³-hybridized carbons (Fsp3) is 0. The maximum atomic E-state index is 12.1. The van der Waals surface area contributed by atoms with E-state index in [-0.39, 0.29) is 17.6 Å². The van der Waals surface area contributed by atoms with Crippen molar-refractivity contribution < 1.29 is 14.0 Å². The van der Waals surface area contributed by atoms with Gasteiger partial charge in [-0.3, -0.25) is 9.59 Å². The largest absolute Gasteiger partial charge is 0.459 e. The first-order valence-electron chi connectivity index (χ1n) is 7.80. The highest BCUT2D eigenvalue weighted by molar-refractivity contribution is 9.10. The van der Waals surface area contributed by atoms with Crippen LogP contribution in [0.5, 0.6) is 0 Å². The molecule has 0 saturated carbocycles. The summed E-state index contributed by atoms with van der Waals surface area (Å²) in [5.74, 6) is -0.395. The first-order chi connectivity index (χ1) is 12.6. The molecule has 0 aliphatic heterocycles. The molecule has 0 spiro atoms. The van der Waals surface area contributed by atoms with Crippen LogP contribution in [0.25, 0.3) is 6.08 Å². The van der Waals surface area contributed by atoms with Crippen molar-refractivity contribution in [3.8, 4) is 0 Å². The fourth-order valence-corrected chi connectivity index (χ4v) is 2.47. The zero-order valence-corrected chi connectivity index (χ0v) is 15.2. The number of benzene rings is 2. The van der Waals surface area contributed by atoms with Crippen molar-refractivity contribution in [1.29, 1.82) is 0 Å². The molecule has 3 aromatic rings. The smallest absolute Gasteiger partial charge is 0.291 e. The average Bonchev–Trinajstić information content (AvgIpc) is 3.16. The van der Waals surface area contributed by atoms with Gasteiger partial charge in [-0.15, -0.1) is 0 Å². The molecule has 0 saturated heterocycles. The normalized spacial score (nSPS) is 10.7. The highest BCUT2D eigenvalue weighted by Gasteiger charge is 2.09. The van der Waals surface area contributed by atoms with Crippen molar-refractivity contribution in [3.63, 3.8) is 0 Å². The van der Waals surface area contributed by atoms with Crippen molar-refractivity contribution >= 4 is 45.2 Å². The van der Waals surface area contributed by atoms with Crippen LogP contribution in [-0.4, -0.2) is 11.8 Å². The maximum absolute atomic E-state index is 12.1. The monoisotopic (exact) mass is 410 g/mol. The molecule has 0 unspecified atom stereocenters. The standard InChI is InChI=1S/C20H15BrN2O3/c21-15-9-6-14(7-10-15)8-11-19(24)22-16-3-1-4-17(13-16)23-20(25)18-5-2-12-26-18/h1-13H,(H,22,24)(H,23,25)/b11-8+. The van der Waals surface area contributed by atoms with Crippen LogP contribution in [0.2, 0.25) is 0 Å². The molecule has 3 rings (SSSR count). The molecular weight excluding hydrogens is 396 g/mol. The molecule has 0 aliphatic rings. The van der Waals surface area contributed by atoms with E-state index in [2.05, 4.69) is 26.6 Å². The predicted octanol–water partition coefficient (Wildman–Crippen LogP) is 4.95. The van der Waals surface area contributed by atoms with E-state index in [1.54, 1.807) is 42.5 Å². The minimum atomic E-state index is -0.353. The number of halogens is 1. The topological polar surface area (TPSA) is 71.3 Å². The number of hydrogen-bond acceptors (Lipinski definition) is 3. The number of furan rings is 1. The molecule has 130 valence electrons. The van der Waals surface area contributed by atoms with Crippen LogP contribution in [0.15, 0.2) is 81.9 Å². The second-order valence-electron chi connectivity index (χ2n) is 5.39. The molecule has 0 bridgehead atoms. The van der Waals surface area contributed by atoms with E-state index >= 15 is 0 Å². The summed E-state index contributed by atoms with van der Waals surface area (Å²) in [5, 5.41) is 5.48. The summed E-state index contributed by atoms with van der Waals surface area (Å²) in [6.45, 7) is 0. The highest BCUT2D eigenvalue weighted by Crippen LogP contribution is 2.17. The Morgan fingerprint density at radius 1 is 0.923 bits per heavy atom. The van der Waals surface area contributed by atoms with Crippen LogP contribution in [0, 0.1) is 0 Å². The predicted molar refractivity (Wildman–Crippen MR) is 105 cm³/mol. The Morgan fingerprint density at radius 2 is 1.65 bits per heavy atom. The summed E-state index contributed by atoms with van der Waals surface area (Å²) in [7, 11) is 0. The van der Waals surface area contributed by atoms with E-state index in [1.165, 1.54) is 12.3 Å². The van der Waals surface area contributed by atoms with Gasteiger partial charge in [0.25, 0.3) is 5.91 Å². The molecule has 0 radical (unpaired) electrons. The number of hydrogen-bond donors (Lipinski definition) is 2. The van der Waals surface area contributed by atoms with E-state index in [9.17, 15) is 9.59 Å². The van der Waals surface area contributed by atoms with Gasteiger partial charge in [0.2, 0.25) is 5.91 Å². The second-order valence-corrected chi connectivity index (χ2v) is 6.30. The minimum absolute atomic E-state index is 0.219. The van der Waals surface area contributed by atoms with Crippen LogP contribution < -0.4 is 10.6 Å². The second kappa shape index (κ2) is 8.31. The van der Waals surface area contributed by atoms with Crippen LogP contribution in [0.4, 0.5) is 11.4 Å². The number of carbonyl (C=O) groups is 2. The zero-order valence-electron chi connectivity index (χ0n) is 13.6. The van der Waals surface area contributed by atoms with Crippen molar-refractivity contribution in [2.24, 2.45) is 0 Å². The van der Waals surface area contributed by atoms with Crippen molar-refractivity contribution in [3.05, 3.63) is 88.8 Å². The molecular formula is C20H15BrN2O3. The van der Waals surface area contributed by atoms with Gasteiger partial charge in [-0.25, -0.2) is 0 Å². The number of amides is 2. The molecule has 2 amide bonds. The van der Waals surface area contributed by atoms with Gasteiger partial charge in [0.05, 0.1) is 6.26 Å². The fourth-order valence-electron chi connectivity index (χ4n) is 2.20. The SMILES string of the molecule is O=C(/C=C/c1ccc(Br)cc1)Nc1cccc(NC(=O)c2ccco2)c1. The van der Waals surface area contributed by atoms with Gasteiger partial charge in [-0.05, 0) is 54.1 Å². The Morgan fingerprint density at radius 3 is 2.35 bits per heavy atom. The summed E-state index contributed by atoms with van der Waals surface area (Å²) in [4.78, 5) is 24.0. The summed E-state index contributed by atoms with van der Waals surface area (Å²) >= 11 is 3.37. The minimum Gasteiger partial charge on any atom is -0.459 e. The third kappa shape index (κ3) is 4.94. The van der Waals surface area contributed by atoms with Gasteiger partial charge in [-0.2, -0.15) is 0 Å². The summed E-state index contributed by atoms with van der Waals surface area (Å²) in [6.07, 6.45) is 4.62. The number of rotatable bonds is 5. The van der Waals surface area contributed by atoms with E-state index in [0.29, 0.717) is 11.4 Å². The maximum Gasteiger partial charge on any atom is 0.291 e. The number of anilines is 2. The van der Waals surface area contributed by atoms with E-state index in [4.69, 9.17) is 4.42 Å². The Balaban J connectivity index is 1.61. The number of carbonyl (C=O) groups excluding carboxylic acids is 2. The molecule has 2 aromatic carbocycles. The molecule has 5 nitrogen and oxygen atoms in total. The molecule has 0 atom stereocenters. The van der Waals surface area contributed by atoms with Crippen molar-refractivity contribution in [2.75, 3.05) is 10.6 Å². The van der Waals surface area contributed by atoms with Crippen molar-refractivity contribution in [1.82, 2.24) is 0 Å². The lowest BCUT2D eigenvalue weighted by Crippen LogP contribution is -2.12. The Labute approximate surface area is 158 Å². The summed E-state index contributed by atoms with van der Waals surface area (Å²) < 4.78 is 6.03. The summed E-state index contributed by atoms with van der Waals surface area (Å²) in [6, 6.07) is 17.7. The van der Waals surface area contributed by atoms with Crippen LogP contribution in [0.1, 0.15) is 16.1 Å². The first-order valence-corrected chi connectivity index (χ1v) is 8.59. The van der Waals surface area contributed by atoms with Crippen LogP contribution in [-0.2, 0) is 4.79 Å². The van der Waals surface area contributed by atoms with Gasteiger partial charge in [0.1, 0.15) is 0 Å². The van der Waals surface area contributed by atoms with Gasteiger partial charge in [0, 0.05) is 21.9 Å². The van der Waals surface area contributed by atoms with E-state index in [1.807, 2.05) is 24.3 Å². The van der Waals surface area contributed by atoms with Gasteiger partial charge in [-0.1, -0.05) is 34.1 Å². The Kier molecular flexibility index (Phi) is 5.66. The molecule has 6 heteroatoms. The molecule has 1 aromatic heterocycles. The Hall–Kier alpha value is -3.12. The van der Waals surface area contributed by atoms with Crippen LogP contribution >= 0.6 is 15.9 Å². The lowest BCUT2D eigenvalue weighted by molar-refractivity contribution is -0.111. The average molecular weight is 411 g/mol. The lowest BCUT2D eigenvalue weighted by Gasteiger charge is -2.07. The van der Waals surface area contributed by atoms with E-state index in [0.717, 1.165) is 10.0 Å². The van der Waals surface area contributed by atoms with E-state index < -0.39 is 0 Å². The Bertz CT molecular complexity index is 932. The van der Waals surface area contributed by atoms with Gasteiger partial charge >= 0.3 is 0 Å². The zero-order chi connectivity index (χ0) is 18.4. The lowest BCUT2D eigenvalue weighted by atomic mass is 10.2. The molecule has 0 fully saturated rings. The number of nitrogens with one attached hydrogen (secondary N) is 2. The molecule has 2 N–H and O–H groups in total. The van der Waals surface area contributed by atoms with Gasteiger partial charge in [0.15, 0.2) is 5.76 Å². The quantitative estimate of drug-likeness (QED) is 0.584. The van der Waals surface area contributed by atoms with Crippen molar-refractivity contribution in [2.45, 2.75) is 0 Å². The van der Waals surface area contributed by atoms with Crippen LogP contribution in [0.3, 0.4) is 0 Å². The summed E-state index contributed by atoms with van der Waals surface area (Å²) in [5.41, 5.74) is 2.05.